The number of rotatable bonds is 5. The molecule has 28 heavy (non-hydrogen) atoms. The molecule has 0 aliphatic heterocycles. The Hall–Kier alpha value is -3.62. The van der Waals surface area contributed by atoms with Crippen LogP contribution in [0.1, 0.15) is 5.82 Å². The van der Waals surface area contributed by atoms with Crippen LogP contribution in [0.2, 0.25) is 0 Å². The fraction of sp³-hybridized carbons (Fsp3) is 0.105. The molecule has 0 radical (unpaired) electrons. The molecule has 9 heteroatoms. The third-order valence-electron chi connectivity index (χ3n) is 3.99. The van der Waals surface area contributed by atoms with Gasteiger partial charge in [0.05, 0.1) is 23.4 Å². The molecule has 2 aromatic carbocycles. The van der Waals surface area contributed by atoms with E-state index in [0.29, 0.717) is 34.2 Å². The summed E-state index contributed by atoms with van der Waals surface area (Å²) in [6, 6.07) is 10.4. The standard InChI is InChI=1S/C19H14F3N5O/c1-11-24-15-8-12(20)2-7-16(15)27(11)18-10-23-9-17(26-18)25-13-3-5-14(6-4-13)28-19(21)22/h2-10,19H,1H3,(H,25,26). The Bertz CT molecular complexity index is 1130. The topological polar surface area (TPSA) is 64.9 Å². The number of alkyl halides is 2. The van der Waals surface area contributed by atoms with Crippen molar-refractivity contribution in [3.8, 4) is 11.6 Å². The average Bonchev–Trinajstić information content (AvgIpc) is 2.98. The minimum Gasteiger partial charge on any atom is -0.435 e. The number of hydrogen-bond donors (Lipinski definition) is 1. The molecule has 0 atom stereocenters. The van der Waals surface area contributed by atoms with Crippen LogP contribution in [0, 0.1) is 12.7 Å². The molecule has 2 heterocycles. The summed E-state index contributed by atoms with van der Waals surface area (Å²) in [5.74, 6) is 1.30. The number of nitrogens with zero attached hydrogens (tertiary/aromatic N) is 4. The van der Waals surface area contributed by atoms with Gasteiger partial charge >= 0.3 is 6.61 Å². The summed E-state index contributed by atoms with van der Waals surface area (Å²) >= 11 is 0. The van der Waals surface area contributed by atoms with E-state index in [1.165, 1.54) is 30.5 Å². The van der Waals surface area contributed by atoms with Crippen LogP contribution < -0.4 is 10.1 Å². The van der Waals surface area contributed by atoms with Crippen LogP contribution in [-0.2, 0) is 0 Å². The Morgan fingerprint density at radius 2 is 1.82 bits per heavy atom. The smallest absolute Gasteiger partial charge is 0.387 e. The lowest BCUT2D eigenvalue weighted by Gasteiger charge is -2.10. The molecule has 2 aromatic heterocycles. The summed E-state index contributed by atoms with van der Waals surface area (Å²) in [7, 11) is 0. The van der Waals surface area contributed by atoms with Gasteiger partial charge in [0.15, 0.2) is 11.6 Å². The van der Waals surface area contributed by atoms with Crippen molar-refractivity contribution >= 4 is 22.5 Å². The zero-order valence-electron chi connectivity index (χ0n) is 14.6. The Balaban J connectivity index is 1.63. The lowest BCUT2D eigenvalue weighted by molar-refractivity contribution is -0.0498. The maximum atomic E-state index is 13.4. The minimum absolute atomic E-state index is 0.0631. The highest BCUT2D eigenvalue weighted by Gasteiger charge is 2.12. The van der Waals surface area contributed by atoms with Gasteiger partial charge in [-0.15, -0.1) is 0 Å². The van der Waals surface area contributed by atoms with Crippen molar-refractivity contribution < 1.29 is 17.9 Å². The van der Waals surface area contributed by atoms with Gasteiger partial charge in [-0.25, -0.2) is 14.4 Å². The number of nitrogens with one attached hydrogen (secondary N) is 1. The van der Waals surface area contributed by atoms with Crippen molar-refractivity contribution in [3.63, 3.8) is 0 Å². The number of benzene rings is 2. The van der Waals surface area contributed by atoms with E-state index in [9.17, 15) is 13.2 Å². The molecule has 142 valence electrons. The van der Waals surface area contributed by atoms with Crippen molar-refractivity contribution in [2.75, 3.05) is 5.32 Å². The first-order chi connectivity index (χ1) is 13.5. The molecule has 1 N–H and O–H groups in total. The van der Waals surface area contributed by atoms with E-state index in [2.05, 4.69) is 25.0 Å². The lowest BCUT2D eigenvalue weighted by Crippen LogP contribution is -2.04. The molecule has 0 bridgehead atoms. The highest BCUT2D eigenvalue weighted by atomic mass is 19.3. The molecule has 0 aliphatic carbocycles. The van der Waals surface area contributed by atoms with Crippen LogP contribution in [0.4, 0.5) is 24.7 Å². The zero-order valence-corrected chi connectivity index (χ0v) is 14.6. The van der Waals surface area contributed by atoms with E-state index >= 15 is 0 Å². The second kappa shape index (κ2) is 7.18. The van der Waals surface area contributed by atoms with Gasteiger partial charge in [-0.05, 0) is 43.3 Å². The van der Waals surface area contributed by atoms with Crippen molar-refractivity contribution in [3.05, 3.63) is 66.5 Å². The lowest BCUT2D eigenvalue weighted by atomic mass is 10.3. The summed E-state index contributed by atoms with van der Waals surface area (Å²) in [4.78, 5) is 13.1. The number of fused-ring (bicyclic) bond motifs is 1. The molecule has 0 unspecified atom stereocenters. The second-order valence-corrected chi connectivity index (χ2v) is 5.92. The van der Waals surface area contributed by atoms with Crippen LogP contribution in [0.15, 0.2) is 54.9 Å². The third kappa shape index (κ3) is 3.59. The molecule has 4 rings (SSSR count). The zero-order chi connectivity index (χ0) is 19.7. The highest BCUT2D eigenvalue weighted by Crippen LogP contribution is 2.23. The van der Waals surface area contributed by atoms with Gasteiger partial charge in [0.25, 0.3) is 0 Å². The van der Waals surface area contributed by atoms with Gasteiger partial charge in [-0.2, -0.15) is 8.78 Å². The monoisotopic (exact) mass is 385 g/mol. The molecule has 0 aliphatic rings. The molecule has 4 aromatic rings. The molecule has 0 amide bonds. The normalized spacial score (nSPS) is 11.2. The van der Waals surface area contributed by atoms with E-state index < -0.39 is 6.61 Å². The summed E-state index contributed by atoms with van der Waals surface area (Å²) in [5, 5.41) is 3.05. The van der Waals surface area contributed by atoms with Gasteiger partial charge in [-0.3, -0.25) is 9.55 Å². The predicted molar refractivity (Wildman–Crippen MR) is 97.7 cm³/mol. The van der Waals surface area contributed by atoms with Gasteiger partial charge in [0.2, 0.25) is 0 Å². The SMILES string of the molecule is Cc1nc2cc(F)ccc2n1-c1cncc(Nc2ccc(OC(F)F)cc2)n1. The summed E-state index contributed by atoms with van der Waals surface area (Å²) in [6.45, 7) is -1.08. The van der Waals surface area contributed by atoms with Crippen LogP contribution in [-0.4, -0.2) is 26.1 Å². The Morgan fingerprint density at radius 3 is 2.57 bits per heavy atom. The van der Waals surface area contributed by atoms with Crippen LogP contribution in [0.5, 0.6) is 5.75 Å². The average molecular weight is 385 g/mol. The molecule has 6 nitrogen and oxygen atoms in total. The molecule has 0 saturated heterocycles. The van der Waals surface area contributed by atoms with Gasteiger partial charge in [0, 0.05) is 11.8 Å². The first kappa shape index (κ1) is 17.8. The van der Waals surface area contributed by atoms with E-state index in [0.717, 1.165) is 0 Å². The molecular weight excluding hydrogens is 371 g/mol. The first-order valence-corrected chi connectivity index (χ1v) is 8.28. The first-order valence-electron chi connectivity index (χ1n) is 8.28. The van der Waals surface area contributed by atoms with Crippen LogP contribution >= 0.6 is 0 Å². The number of hydrogen-bond acceptors (Lipinski definition) is 5. The Kier molecular flexibility index (Phi) is 4.56. The van der Waals surface area contributed by atoms with Gasteiger partial charge in [0.1, 0.15) is 17.4 Å². The van der Waals surface area contributed by atoms with Crippen LogP contribution in [0.25, 0.3) is 16.9 Å². The summed E-state index contributed by atoms with van der Waals surface area (Å²) < 4.78 is 44.0. The highest BCUT2D eigenvalue weighted by molar-refractivity contribution is 5.78. The maximum Gasteiger partial charge on any atom is 0.387 e. The third-order valence-corrected chi connectivity index (χ3v) is 3.99. The van der Waals surface area contributed by atoms with E-state index in [1.54, 1.807) is 35.9 Å². The van der Waals surface area contributed by atoms with Crippen molar-refractivity contribution in [2.24, 2.45) is 0 Å². The van der Waals surface area contributed by atoms with E-state index in [4.69, 9.17) is 0 Å². The summed E-state index contributed by atoms with van der Waals surface area (Å²) in [6.07, 6.45) is 3.10. The summed E-state index contributed by atoms with van der Waals surface area (Å²) in [5.41, 5.74) is 1.86. The van der Waals surface area contributed by atoms with Gasteiger partial charge < -0.3 is 10.1 Å². The fourth-order valence-electron chi connectivity index (χ4n) is 2.85. The number of ether oxygens (including phenoxy) is 1. The van der Waals surface area contributed by atoms with E-state index in [-0.39, 0.29) is 11.6 Å². The van der Waals surface area contributed by atoms with Crippen LogP contribution in [0.3, 0.4) is 0 Å². The number of aromatic nitrogens is 4. The largest absolute Gasteiger partial charge is 0.435 e. The number of imidazole rings is 1. The van der Waals surface area contributed by atoms with Crippen molar-refractivity contribution in [2.45, 2.75) is 13.5 Å². The predicted octanol–water partition coefficient (Wildman–Crippen LogP) is 4.61. The number of aryl methyl sites for hydroxylation is 1. The van der Waals surface area contributed by atoms with E-state index in [1.807, 2.05) is 0 Å². The molecule has 0 saturated carbocycles. The quantitative estimate of drug-likeness (QED) is 0.544. The van der Waals surface area contributed by atoms with Crippen molar-refractivity contribution in [1.82, 2.24) is 19.5 Å². The second-order valence-electron chi connectivity index (χ2n) is 5.92. The maximum absolute atomic E-state index is 13.4. The molecular formula is C19H14F3N5O. The number of halogens is 3. The Morgan fingerprint density at radius 1 is 1.04 bits per heavy atom. The molecule has 0 spiro atoms. The molecule has 0 fully saturated rings. The number of anilines is 2. The minimum atomic E-state index is -2.87. The van der Waals surface area contributed by atoms with Crippen molar-refractivity contribution in [1.29, 1.82) is 0 Å². The fourth-order valence-corrected chi connectivity index (χ4v) is 2.85. The Labute approximate surface area is 157 Å². The van der Waals surface area contributed by atoms with Gasteiger partial charge in [-0.1, -0.05) is 0 Å².